The Balaban J connectivity index is 2.47. The number of aromatic nitrogens is 3. The Bertz CT molecular complexity index is 620. The minimum absolute atomic E-state index is 0.263. The lowest BCUT2D eigenvalue weighted by Crippen LogP contribution is -2.46. The Morgan fingerprint density at radius 2 is 2.00 bits per heavy atom. The first kappa shape index (κ1) is 16.2. The Labute approximate surface area is 130 Å². The Morgan fingerprint density at radius 1 is 1.32 bits per heavy atom. The second-order valence-corrected chi connectivity index (χ2v) is 5.96. The van der Waals surface area contributed by atoms with Gasteiger partial charge in [0.1, 0.15) is 25.4 Å². The molecule has 0 spiro atoms. The van der Waals surface area contributed by atoms with Crippen LogP contribution in [0, 0.1) is 12.3 Å². The van der Waals surface area contributed by atoms with E-state index in [4.69, 9.17) is 4.84 Å². The molecule has 1 atom stereocenters. The van der Waals surface area contributed by atoms with Crippen molar-refractivity contribution in [3.8, 4) is 0 Å². The number of oxime groups is 1. The van der Waals surface area contributed by atoms with Gasteiger partial charge in [-0.2, -0.15) is 5.10 Å². The molecule has 1 aromatic heterocycles. The summed E-state index contributed by atoms with van der Waals surface area (Å²) in [6.45, 7) is 6.09. The van der Waals surface area contributed by atoms with Crippen molar-refractivity contribution in [3.05, 3.63) is 48.0 Å². The van der Waals surface area contributed by atoms with Crippen LogP contribution in [-0.4, -0.2) is 33.2 Å². The first-order valence-electron chi connectivity index (χ1n) is 7.09. The monoisotopic (exact) mass is 302 g/mol. The first-order valence-corrected chi connectivity index (χ1v) is 7.09. The largest absolute Gasteiger partial charge is 0.399 e. The quantitative estimate of drug-likeness (QED) is 0.655. The molecule has 1 heterocycles. The van der Waals surface area contributed by atoms with Gasteiger partial charge >= 0.3 is 0 Å². The summed E-state index contributed by atoms with van der Waals surface area (Å²) in [4.78, 5) is 8.73. The number of hydrogen-bond acceptors (Lipinski definition) is 5. The van der Waals surface area contributed by atoms with Crippen molar-refractivity contribution in [1.82, 2.24) is 14.8 Å². The summed E-state index contributed by atoms with van der Waals surface area (Å²) < 4.78 is 1.61. The fraction of sp³-hybridized carbons (Fsp3) is 0.438. The predicted octanol–water partition coefficient (Wildman–Crippen LogP) is 2.13. The van der Waals surface area contributed by atoms with Gasteiger partial charge in [0.2, 0.25) is 0 Å². The van der Waals surface area contributed by atoms with Crippen LogP contribution in [0.25, 0.3) is 0 Å². The molecule has 0 amide bonds. The molecule has 0 radical (unpaired) electrons. The van der Waals surface area contributed by atoms with Gasteiger partial charge in [-0.1, -0.05) is 48.8 Å². The minimum atomic E-state index is -1.21. The van der Waals surface area contributed by atoms with Gasteiger partial charge in [-0.25, -0.2) is 9.67 Å². The lowest BCUT2D eigenvalue weighted by atomic mass is 9.71. The maximum Gasteiger partial charge on any atom is 0.137 e. The van der Waals surface area contributed by atoms with Crippen LogP contribution in [0.4, 0.5) is 0 Å². The molecule has 0 saturated carbocycles. The van der Waals surface area contributed by atoms with Crippen molar-refractivity contribution in [2.45, 2.75) is 32.9 Å². The molecule has 6 nitrogen and oxygen atoms in total. The van der Waals surface area contributed by atoms with Crippen LogP contribution < -0.4 is 0 Å². The molecule has 22 heavy (non-hydrogen) atoms. The van der Waals surface area contributed by atoms with Crippen molar-refractivity contribution in [1.29, 1.82) is 0 Å². The molecule has 0 fully saturated rings. The number of aryl methyl sites for hydroxylation is 1. The summed E-state index contributed by atoms with van der Waals surface area (Å²) in [6.07, 6.45) is 4.65. The average Bonchev–Trinajstić information content (AvgIpc) is 2.98. The molecular weight excluding hydrogens is 280 g/mol. The topological polar surface area (TPSA) is 72.5 Å². The SMILES string of the molecule is CO/N=C/C(C)(C)C(O)(Cn1cncn1)c1ccc(C)cc1. The third-order valence-corrected chi connectivity index (χ3v) is 3.93. The fourth-order valence-corrected chi connectivity index (χ4v) is 2.34. The van der Waals surface area contributed by atoms with E-state index in [1.54, 1.807) is 17.2 Å². The van der Waals surface area contributed by atoms with Crippen LogP contribution in [0.5, 0.6) is 0 Å². The molecular formula is C16H22N4O2. The summed E-state index contributed by atoms with van der Waals surface area (Å²) in [5, 5.41) is 19.4. The molecule has 118 valence electrons. The smallest absolute Gasteiger partial charge is 0.137 e. The normalized spacial score (nSPS) is 15.0. The summed E-state index contributed by atoms with van der Waals surface area (Å²) in [6, 6.07) is 7.81. The summed E-state index contributed by atoms with van der Waals surface area (Å²) in [7, 11) is 1.48. The lowest BCUT2D eigenvalue weighted by Gasteiger charge is -2.40. The maximum atomic E-state index is 11.5. The van der Waals surface area contributed by atoms with Crippen molar-refractivity contribution in [2.24, 2.45) is 10.6 Å². The molecule has 1 N–H and O–H groups in total. The zero-order valence-corrected chi connectivity index (χ0v) is 13.4. The van der Waals surface area contributed by atoms with E-state index in [1.807, 2.05) is 45.0 Å². The molecule has 0 saturated heterocycles. The highest BCUT2D eigenvalue weighted by atomic mass is 16.6. The molecule has 2 rings (SSSR count). The van der Waals surface area contributed by atoms with E-state index in [0.717, 1.165) is 11.1 Å². The van der Waals surface area contributed by atoms with Gasteiger partial charge in [0.15, 0.2) is 0 Å². The van der Waals surface area contributed by atoms with Gasteiger partial charge in [-0.3, -0.25) is 0 Å². The highest BCUT2D eigenvalue weighted by Gasteiger charge is 2.45. The van der Waals surface area contributed by atoms with Gasteiger partial charge in [0, 0.05) is 5.41 Å². The average molecular weight is 302 g/mol. The molecule has 0 aliphatic rings. The Morgan fingerprint density at radius 3 is 2.55 bits per heavy atom. The second kappa shape index (κ2) is 6.27. The van der Waals surface area contributed by atoms with Gasteiger partial charge in [0.05, 0.1) is 12.8 Å². The van der Waals surface area contributed by atoms with E-state index in [2.05, 4.69) is 15.2 Å². The lowest BCUT2D eigenvalue weighted by molar-refractivity contribution is -0.0552. The summed E-state index contributed by atoms with van der Waals surface area (Å²) >= 11 is 0. The van der Waals surface area contributed by atoms with E-state index in [9.17, 15) is 5.11 Å². The third kappa shape index (κ3) is 3.17. The Hall–Kier alpha value is -2.21. The van der Waals surface area contributed by atoms with Gasteiger partial charge in [0.25, 0.3) is 0 Å². The highest BCUT2D eigenvalue weighted by molar-refractivity contribution is 5.67. The zero-order chi connectivity index (χ0) is 16.2. The van der Waals surface area contributed by atoms with Crippen LogP contribution in [0.15, 0.2) is 42.1 Å². The van der Waals surface area contributed by atoms with Crippen molar-refractivity contribution < 1.29 is 9.94 Å². The number of nitrogens with zero attached hydrogens (tertiary/aromatic N) is 4. The summed E-state index contributed by atoms with van der Waals surface area (Å²) in [5.41, 5.74) is 0.0390. The highest BCUT2D eigenvalue weighted by Crippen LogP contribution is 2.40. The number of rotatable bonds is 6. The molecule has 0 aliphatic carbocycles. The molecule has 1 aromatic carbocycles. The minimum Gasteiger partial charge on any atom is -0.399 e. The van der Waals surface area contributed by atoms with Gasteiger partial charge < -0.3 is 9.94 Å². The maximum absolute atomic E-state index is 11.5. The predicted molar refractivity (Wildman–Crippen MR) is 84.4 cm³/mol. The van der Waals surface area contributed by atoms with Crippen molar-refractivity contribution in [3.63, 3.8) is 0 Å². The van der Waals surface area contributed by atoms with Crippen LogP contribution in [0.2, 0.25) is 0 Å². The van der Waals surface area contributed by atoms with Crippen molar-refractivity contribution >= 4 is 6.21 Å². The first-order chi connectivity index (χ1) is 10.4. The molecule has 2 aromatic rings. The van der Waals surface area contributed by atoms with E-state index >= 15 is 0 Å². The number of hydrogen-bond donors (Lipinski definition) is 1. The van der Waals surface area contributed by atoms with Crippen LogP contribution in [-0.2, 0) is 17.0 Å². The van der Waals surface area contributed by atoms with E-state index < -0.39 is 11.0 Å². The molecule has 6 heteroatoms. The van der Waals surface area contributed by atoms with Crippen LogP contribution >= 0.6 is 0 Å². The van der Waals surface area contributed by atoms with Crippen LogP contribution in [0.1, 0.15) is 25.0 Å². The van der Waals surface area contributed by atoms with Gasteiger partial charge in [-0.15, -0.1) is 0 Å². The molecule has 0 aliphatic heterocycles. The number of aliphatic hydroxyl groups is 1. The standard InChI is InChI=1S/C16H22N4O2/c1-13-5-7-14(8-6-13)16(21,10-20-12-17-11-18-20)15(2,3)9-19-22-4/h5-9,11-12,21H,10H2,1-4H3/b19-9+. The summed E-state index contributed by atoms with van der Waals surface area (Å²) in [5.74, 6) is 0. The van der Waals surface area contributed by atoms with Crippen molar-refractivity contribution in [2.75, 3.05) is 7.11 Å². The third-order valence-electron chi connectivity index (χ3n) is 3.93. The molecule has 0 bridgehead atoms. The zero-order valence-electron chi connectivity index (χ0n) is 13.4. The van der Waals surface area contributed by atoms with E-state index in [1.165, 1.54) is 13.4 Å². The fourth-order valence-electron chi connectivity index (χ4n) is 2.34. The second-order valence-electron chi connectivity index (χ2n) is 5.96. The molecule has 1 unspecified atom stereocenters. The van der Waals surface area contributed by atoms with E-state index in [-0.39, 0.29) is 6.54 Å². The van der Waals surface area contributed by atoms with Gasteiger partial charge in [-0.05, 0) is 12.5 Å². The van der Waals surface area contributed by atoms with Crippen LogP contribution in [0.3, 0.4) is 0 Å². The number of benzene rings is 1. The van der Waals surface area contributed by atoms with E-state index in [0.29, 0.717) is 0 Å². The Kier molecular flexibility index (Phi) is 4.61.